The van der Waals surface area contributed by atoms with Crippen LogP contribution >= 0.6 is 0 Å². The summed E-state index contributed by atoms with van der Waals surface area (Å²) in [5, 5.41) is 8.02. The van der Waals surface area contributed by atoms with Gasteiger partial charge < -0.3 is 25.6 Å². The minimum absolute atomic E-state index is 0.0455. The second-order valence-corrected chi connectivity index (χ2v) is 10.4. The molecule has 42 heavy (non-hydrogen) atoms. The number of imide groups is 1. The molecule has 12 heteroatoms. The van der Waals surface area contributed by atoms with Gasteiger partial charge in [-0.05, 0) is 87.1 Å². The number of allylic oxidation sites excluding steroid dienone is 1. The summed E-state index contributed by atoms with van der Waals surface area (Å²) < 4.78 is 32.6. The summed E-state index contributed by atoms with van der Waals surface area (Å²) in [4.78, 5) is 53.2. The number of piperidine rings is 1. The molecule has 2 aliphatic heterocycles. The molecule has 0 unspecified atom stereocenters. The van der Waals surface area contributed by atoms with E-state index in [1.807, 2.05) is 18.2 Å². The van der Waals surface area contributed by atoms with E-state index in [9.17, 15) is 28.0 Å². The van der Waals surface area contributed by atoms with Crippen molar-refractivity contribution in [1.29, 1.82) is 0 Å². The van der Waals surface area contributed by atoms with Crippen LogP contribution in [0.1, 0.15) is 56.2 Å². The predicted molar refractivity (Wildman–Crippen MR) is 151 cm³/mol. The maximum absolute atomic E-state index is 14.1. The van der Waals surface area contributed by atoms with Crippen LogP contribution in [0, 0.1) is 11.6 Å². The van der Waals surface area contributed by atoms with Crippen molar-refractivity contribution in [3.8, 4) is 0 Å². The molecule has 224 valence electrons. The van der Waals surface area contributed by atoms with Gasteiger partial charge in [0.2, 0.25) is 5.91 Å². The topological polar surface area (TPSA) is 120 Å². The Bertz CT molecular complexity index is 1390. The number of hydrogen-bond donors (Lipinski definition) is 3. The summed E-state index contributed by atoms with van der Waals surface area (Å²) in [6, 6.07) is 7.96. The highest BCUT2D eigenvalue weighted by Gasteiger charge is 2.42. The number of carbonyl (C=O) groups is 4. The van der Waals surface area contributed by atoms with Crippen molar-refractivity contribution in [1.82, 2.24) is 20.4 Å². The van der Waals surface area contributed by atoms with Gasteiger partial charge in [-0.3, -0.25) is 4.79 Å². The lowest BCUT2D eigenvalue weighted by Crippen LogP contribution is -2.54. The number of nitrogens with one attached hydrogen (secondary N) is 3. The summed E-state index contributed by atoms with van der Waals surface area (Å²) in [5.74, 6) is -2.81. The zero-order valence-electron chi connectivity index (χ0n) is 23.8. The van der Waals surface area contributed by atoms with Crippen molar-refractivity contribution >= 4 is 29.6 Å². The van der Waals surface area contributed by atoms with Crippen LogP contribution in [-0.2, 0) is 14.3 Å². The minimum atomic E-state index is -1.32. The van der Waals surface area contributed by atoms with Gasteiger partial charge in [-0.2, -0.15) is 0 Å². The molecule has 0 bridgehead atoms. The molecular weight excluding hydrogens is 548 g/mol. The van der Waals surface area contributed by atoms with E-state index in [1.165, 1.54) is 25.5 Å². The summed E-state index contributed by atoms with van der Waals surface area (Å²) in [5.41, 5.74) is 2.11. The number of hydrogen-bond acceptors (Lipinski definition) is 6. The average Bonchev–Trinajstić information content (AvgIpc) is 2.96. The Balaban J connectivity index is 1.34. The second-order valence-electron chi connectivity index (χ2n) is 10.4. The van der Waals surface area contributed by atoms with Gasteiger partial charge in [-0.1, -0.05) is 18.2 Å². The molecule has 1 atom stereocenters. The normalized spacial score (nSPS) is 18.0. The molecule has 3 N–H and O–H groups in total. The van der Waals surface area contributed by atoms with Crippen molar-refractivity contribution in [2.75, 3.05) is 38.6 Å². The predicted octanol–water partition coefficient (Wildman–Crippen LogP) is 4.42. The van der Waals surface area contributed by atoms with Crippen LogP contribution < -0.4 is 16.0 Å². The number of rotatable bonds is 8. The number of urea groups is 2. The molecule has 2 heterocycles. The van der Waals surface area contributed by atoms with E-state index >= 15 is 0 Å². The van der Waals surface area contributed by atoms with Crippen molar-refractivity contribution in [2.45, 2.75) is 45.1 Å². The van der Waals surface area contributed by atoms with E-state index in [-0.39, 0.29) is 29.3 Å². The van der Waals surface area contributed by atoms with Crippen molar-refractivity contribution < 1.29 is 32.7 Å². The molecule has 2 aliphatic rings. The van der Waals surface area contributed by atoms with E-state index in [1.54, 1.807) is 0 Å². The largest absolute Gasteiger partial charge is 0.466 e. The number of esters is 1. The van der Waals surface area contributed by atoms with Crippen molar-refractivity contribution in [2.24, 2.45) is 0 Å². The maximum atomic E-state index is 14.1. The van der Waals surface area contributed by atoms with Gasteiger partial charge in [0, 0.05) is 24.9 Å². The molecule has 1 saturated heterocycles. The Morgan fingerprint density at radius 3 is 2.45 bits per heavy atom. The zero-order valence-corrected chi connectivity index (χ0v) is 23.8. The quantitative estimate of drug-likeness (QED) is 0.313. The molecule has 10 nitrogen and oxygen atoms in total. The minimum Gasteiger partial charge on any atom is -0.466 e. The highest BCUT2D eigenvalue weighted by atomic mass is 19.2. The van der Waals surface area contributed by atoms with Crippen LogP contribution in [0.3, 0.4) is 0 Å². The number of anilines is 1. The first-order valence-corrected chi connectivity index (χ1v) is 13.8. The Hall–Kier alpha value is -4.32. The third kappa shape index (κ3) is 7.11. The van der Waals surface area contributed by atoms with Crippen molar-refractivity contribution in [3.05, 3.63) is 76.5 Å². The first kappa shape index (κ1) is 30.6. The zero-order chi connectivity index (χ0) is 30.4. The van der Waals surface area contributed by atoms with Gasteiger partial charge in [0.1, 0.15) is 6.04 Å². The molecule has 2 aromatic rings. The van der Waals surface area contributed by atoms with Crippen LogP contribution in [0.25, 0.3) is 0 Å². The Morgan fingerprint density at radius 2 is 1.79 bits per heavy atom. The number of carbonyl (C=O) groups excluding carboxylic acids is 4. The number of amides is 5. The lowest BCUT2D eigenvalue weighted by Gasteiger charge is -2.36. The smallest absolute Gasteiger partial charge is 0.337 e. The van der Waals surface area contributed by atoms with E-state index in [2.05, 4.69) is 26.9 Å². The Kier molecular flexibility index (Phi) is 9.89. The molecule has 0 radical (unpaired) electrons. The maximum Gasteiger partial charge on any atom is 0.337 e. The number of likely N-dealkylation sites (tertiary alicyclic amines) is 1. The summed E-state index contributed by atoms with van der Waals surface area (Å²) in [6.45, 7) is 5.68. The molecule has 1 fully saturated rings. The third-order valence-corrected chi connectivity index (χ3v) is 7.53. The van der Waals surface area contributed by atoms with Crippen LogP contribution in [0.4, 0.5) is 24.1 Å². The lowest BCUT2D eigenvalue weighted by atomic mass is 9.89. The summed E-state index contributed by atoms with van der Waals surface area (Å²) >= 11 is 0. The number of halogens is 2. The van der Waals surface area contributed by atoms with E-state index in [0.717, 1.165) is 62.3 Å². The highest BCUT2D eigenvalue weighted by Crippen LogP contribution is 2.35. The highest BCUT2D eigenvalue weighted by molar-refractivity contribution is 6.01. The van der Waals surface area contributed by atoms with Gasteiger partial charge in [-0.25, -0.2) is 28.1 Å². The van der Waals surface area contributed by atoms with Gasteiger partial charge in [0.05, 0.1) is 12.7 Å². The van der Waals surface area contributed by atoms with Gasteiger partial charge in [0.15, 0.2) is 11.6 Å². The fraction of sp³-hybridized carbons (Fsp3) is 0.400. The standard InChI is InChI=1S/C30H35F2N5O5/c1-18-26(28(39)42-3)27(22-8-9-24(31)25(32)17-22)37(30(41)34-18)29(40)33-12-5-13-36-14-10-20(11-15-36)21-6-4-7-23(16-21)35-19(2)38/h4,6-9,16-17,20,27H,5,10-15H2,1-3H3,(H,33,40)(H,34,41)(H,35,38)/t27-/m0/s1. The van der Waals surface area contributed by atoms with Gasteiger partial charge in [0.25, 0.3) is 0 Å². The first-order chi connectivity index (χ1) is 20.1. The van der Waals surface area contributed by atoms with Gasteiger partial charge in [-0.15, -0.1) is 0 Å². The van der Waals surface area contributed by atoms with Crippen LogP contribution in [-0.4, -0.2) is 67.0 Å². The summed E-state index contributed by atoms with van der Waals surface area (Å²) in [7, 11) is 1.15. The molecule has 0 aliphatic carbocycles. The van der Waals surface area contributed by atoms with E-state index in [4.69, 9.17) is 4.74 Å². The average molecular weight is 584 g/mol. The number of methoxy groups -OCH3 is 1. The molecule has 0 aromatic heterocycles. The third-order valence-electron chi connectivity index (χ3n) is 7.53. The SMILES string of the molecule is COC(=O)C1=C(C)NC(=O)N(C(=O)NCCCN2CCC(c3cccc(NC(C)=O)c3)CC2)[C@H]1c1ccc(F)c(F)c1. The Labute approximate surface area is 243 Å². The number of nitrogens with zero attached hydrogens (tertiary/aromatic N) is 2. The number of ether oxygens (including phenoxy) is 1. The second kappa shape index (κ2) is 13.6. The van der Waals surface area contributed by atoms with E-state index in [0.29, 0.717) is 12.3 Å². The van der Waals surface area contributed by atoms with Crippen LogP contribution in [0.2, 0.25) is 0 Å². The fourth-order valence-corrected chi connectivity index (χ4v) is 5.47. The van der Waals surface area contributed by atoms with Crippen molar-refractivity contribution in [3.63, 3.8) is 0 Å². The van der Waals surface area contributed by atoms with E-state index < -0.39 is 35.7 Å². The van der Waals surface area contributed by atoms with Crippen LogP contribution in [0.5, 0.6) is 0 Å². The lowest BCUT2D eigenvalue weighted by molar-refractivity contribution is -0.136. The van der Waals surface area contributed by atoms with Gasteiger partial charge >= 0.3 is 18.0 Å². The molecular formula is C30H35F2N5O5. The fourth-order valence-electron chi connectivity index (χ4n) is 5.47. The molecule has 0 saturated carbocycles. The van der Waals surface area contributed by atoms with Crippen LogP contribution in [0.15, 0.2) is 53.7 Å². The molecule has 4 rings (SSSR count). The molecule has 2 aromatic carbocycles. The molecule has 5 amide bonds. The monoisotopic (exact) mass is 583 g/mol. The summed E-state index contributed by atoms with van der Waals surface area (Å²) in [6.07, 6.45) is 2.53. The first-order valence-electron chi connectivity index (χ1n) is 13.8. The molecule has 0 spiro atoms. The number of benzene rings is 2. The Morgan fingerprint density at radius 1 is 1.05 bits per heavy atom.